The van der Waals surface area contributed by atoms with Gasteiger partial charge in [-0.05, 0) is 25.1 Å². The van der Waals surface area contributed by atoms with Crippen molar-refractivity contribution in [2.24, 2.45) is 5.73 Å². The highest BCUT2D eigenvalue weighted by molar-refractivity contribution is 5.62. The molecule has 0 saturated carbocycles. The Bertz CT molecular complexity index is 1140. The van der Waals surface area contributed by atoms with Gasteiger partial charge in [0, 0.05) is 5.56 Å². The van der Waals surface area contributed by atoms with Gasteiger partial charge in [0.1, 0.15) is 11.6 Å². The highest BCUT2D eigenvalue weighted by Crippen LogP contribution is 2.48. The molecule has 0 unspecified atom stereocenters. The first kappa shape index (κ1) is 18.4. The molecule has 0 spiro atoms. The second-order valence-corrected chi connectivity index (χ2v) is 6.56. The van der Waals surface area contributed by atoms with Gasteiger partial charge in [0.15, 0.2) is 11.5 Å². The molecule has 1 aliphatic heterocycles. The maximum Gasteiger partial charge on any atom is 0.229 e. The van der Waals surface area contributed by atoms with Gasteiger partial charge in [-0.1, -0.05) is 30.3 Å². The summed E-state index contributed by atoms with van der Waals surface area (Å²) in [7, 11) is 3.14. The smallest absolute Gasteiger partial charge is 0.229 e. The third-order valence-electron chi connectivity index (χ3n) is 4.98. The maximum absolute atomic E-state index is 9.86. The van der Waals surface area contributed by atoms with E-state index in [2.05, 4.69) is 11.2 Å². The highest BCUT2D eigenvalue weighted by atomic mass is 16.5. The maximum atomic E-state index is 9.86. The molecule has 0 saturated heterocycles. The summed E-state index contributed by atoms with van der Waals surface area (Å²) in [6.45, 7) is 1.89. The molecule has 0 fully saturated rings. The van der Waals surface area contributed by atoms with Gasteiger partial charge in [-0.3, -0.25) is 0 Å². The van der Waals surface area contributed by atoms with Gasteiger partial charge in [-0.25, -0.2) is 4.68 Å². The Hall–Kier alpha value is -3.92. The normalized spacial score (nSPS) is 15.3. The van der Waals surface area contributed by atoms with Crippen molar-refractivity contribution in [2.45, 2.75) is 12.8 Å². The van der Waals surface area contributed by atoms with Crippen molar-refractivity contribution in [3.63, 3.8) is 0 Å². The number of aromatic nitrogens is 2. The van der Waals surface area contributed by atoms with E-state index in [1.54, 1.807) is 18.9 Å². The van der Waals surface area contributed by atoms with Crippen molar-refractivity contribution >= 4 is 0 Å². The van der Waals surface area contributed by atoms with Crippen LogP contribution in [-0.4, -0.2) is 24.0 Å². The predicted octanol–water partition coefficient (Wildman–Crippen LogP) is 3.42. The van der Waals surface area contributed by atoms with Gasteiger partial charge >= 0.3 is 0 Å². The first-order valence-corrected chi connectivity index (χ1v) is 9.04. The van der Waals surface area contributed by atoms with Crippen LogP contribution in [0, 0.1) is 18.3 Å². The average molecular weight is 388 g/mol. The van der Waals surface area contributed by atoms with E-state index in [0.717, 1.165) is 22.5 Å². The lowest BCUT2D eigenvalue weighted by Crippen LogP contribution is -2.22. The number of ether oxygens (including phenoxy) is 3. The molecule has 2 heterocycles. The molecule has 2 aromatic carbocycles. The number of nitrogens with two attached hydrogens (primary N) is 1. The Morgan fingerprint density at radius 3 is 2.52 bits per heavy atom. The summed E-state index contributed by atoms with van der Waals surface area (Å²) >= 11 is 0. The van der Waals surface area contributed by atoms with Crippen molar-refractivity contribution < 1.29 is 14.2 Å². The summed E-state index contributed by atoms with van der Waals surface area (Å²) < 4.78 is 18.7. The van der Waals surface area contributed by atoms with E-state index in [1.165, 1.54) is 0 Å². The predicted molar refractivity (Wildman–Crippen MR) is 107 cm³/mol. The first-order valence-electron chi connectivity index (χ1n) is 9.04. The molecule has 7 nitrogen and oxygen atoms in total. The van der Waals surface area contributed by atoms with E-state index in [4.69, 9.17) is 19.9 Å². The monoisotopic (exact) mass is 388 g/mol. The molecular weight excluding hydrogens is 368 g/mol. The van der Waals surface area contributed by atoms with Crippen LogP contribution in [0.4, 0.5) is 0 Å². The number of aryl methyl sites for hydroxylation is 1. The summed E-state index contributed by atoms with van der Waals surface area (Å²) in [4.78, 5) is 0. The van der Waals surface area contributed by atoms with Crippen molar-refractivity contribution in [3.05, 3.63) is 76.8 Å². The van der Waals surface area contributed by atoms with Gasteiger partial charge in [0.25, 0.3) is 0 Å². The molecule has 1 aliphatic rings. The molecule has 4 rings (SSSR count). The number of nitrogens with zero attached hydrogens (tertiary/aromatic N) is 3. The lowest BCUT2D eigenvalue weighted by molar-refractivity contribution is 0.346. The van der Waals surface area contributed by atoms with Crippen LogP contribution in [0.2, 0.25) is 0 Å². The fraction of sp³-hybridized carbons (Fsp3) is 0.182. The summed E-state index contributed by atoms with van der Waals surface area (Å²) in [6.07, 6.45) is 0. The summed E-state index contributed by atoms with van der Waals surface area (Å²) in [5, 5.41) is 14.5. The minimum absolute atomic E-state index is 0.0481. The third kappa shape index (κ3) is 2.86. The van der Waals surface area contributed by atoms with E-state index in [0.29, 0.717) is 23.0 Å². The van der Waals surface area contributed by atoms with Crippen LogP contribution in [0.15, 0.2) is 60.0 Å². The van der Waals surface area contributed by atoms with E-state index in [9.17, 15) is 5.26 Å². The van der Waals surface area contributed by atoms with Crippen molar-refractivity contribution in [1.29, 1.82) is 5.26 Å². The van der Waals surface area contributed by atoms with E-state index in [1.807, 2.05) is 55.5 Å². The van der Waals surface area contributed by atoms with E-state index in [-0.39, 0.29) is 5.88 Å². The van der Waals surface area contributed by atoms with Gasteiger partial charge in [-0.15, -0.1) is 0 Å². The number of rotatable bonds is 4. The molecule has 3 aromatic rings. The molecule has 0 amide bonds. The van der Waals surface area contributed by atoms with Crippen LogP contribution in [-0.2, 0) is 0 Å². The average Bonchev–Trinajstić information content (AvgIpc) is 3.08. The Balaban J connectivity index is 2.00. The number of nitriles is 1. The van der Waals surface area contributed by atoms with E-state index < -0.39 is 5.92 Å². The molecule has 0 bridgehead atoms. The highest BCUT2D eigenvalue weighted by Gasteiger charge is 2.38. The molecule has 29 heavy (non-hydrogen) atoms. The number of fused-ring (bicyclic) bond motifs is 1. The quantitative estimate of drug-likeness (QED) is 0.736. The van der Waals surface area contributed by atoms with Gasteiger partial charge in [0.2, 0.25) is 11.8 Å². The zero-order valence-corrected chi connectivity index (χ0v) is 16.3. The number of para-hydroxylation sites is 2. The summed E-state index contributed by atoms with van der Waals surface area (Å²) in [5.74, 6) is 1.15. The van der Waals surface area contributed by atoms with Gasteiger partial charge in [-0.2, -0.15) is 10.4 Å². The second-order valence-electron chi connectivity index (χ2n) is 6.56. The van der Waals surface area contributed by atoms with Crippen LogP contribution in [0.1, 0.15) is 22.7 Å². The zero-order valence-electron chi connectivity index (χ0n) is 16.3. The lowest BCUT2D eigenvalue weighted by Gasteiger charge is -2.26. The Morgan fingerprint density at radius 1 is 1.10 bits per heavy atom. The molecular formula is C22H20N4O3. The first-order chi connectivity index (χ1) is 14.1. The lowest BCUT2D eigenvalue weighted by atomic mass is 9.83. The number of benzene rings is 2. The Kier molecular flexibility index (Phi) is 4.61. The summed E-state index contributed by atoms with van der Waals surface area (Å²) in [5.41, 5.74) is 9.57. The largest absolute Gasteiger partial charge is 0.493 e. The standard InChI is InChI=1S/C22H20N4O3/c1-13-18-19(15-10-7-11-17(27-2)20(15)28-3)16(12-23)21(24)29-22(18)26(25-13)14-8-5-4-6-9-14/h4-11,19H,24H2,1-3H3/t19-/m0/s1. The van der Waals surface area contributed by atoms with E-state index >= 15 is 0 Å². The SMILES string of the molecule is COc1cccc([C@H]2C(C#N)=C(N)Oc3c2c(C)nn3-c2ccccc2)c1OC. The second kappa shape index (κ2) is 7.24. The zero-order chi connectivity index (χ0) is 20.5. The Labute approximate surface area is 168 Å². The molecule has 1 aromatic heterocycles. The topological polar surface area (TPSA) is 95.3 Å². The molecule has 146 valence electrons. The molecule has 1 atom stereocenters. The van der Waals surface area contributed by atoms with Crippen LogP contribution < -0.4 is 19.9 Å². The molecule has 7 heteroatoms. The number of methoxy groups -OCH3 is 2. The number of hydrogen-bond acceptors (Lipinski definition) is 6. The van der Waals surface area contributed by atoms with Crippen molar-refractivity contribution in [2.75, 3.05) is 14.2 Å². The summed E-state index contributed by atoms with van der Waals surface area (Å²) in [6, 6.07) is 17.4. The molecule has 0 radical (unpaired) electrons. The number of allylic oxidation sites excluding steroid dienone is 1. The Morgan fingerprint density at radius 2 is 1.86 bits per heavy atom. The third-order valence-corrected chi connectivity index (χ3v) is 4.98. The number of hydrogen-bond donors (Lipinski definition) is 1. The fourth-order valence-corrected chi connectivity index (χ4v) is 3.71. The van der Waals surface area contributed by atoms with Crippen LogP contribution in [0.5, 0.6) is 17.4 Å². The van der Waals surface area contributed by atoms with Crippen LogP contribution in [0.25, 0.3) is 5.69 Å². The molecule has 2 N–H and O–H groups in total. The van der Waals surface area contributed by atoms with Gasteiger partial charge < -0.3 is 19.9 Å². The van der Waals surface area contributed by atoms with Crippen molar-refractivity contribution in [3.8, 4) is 29.1 Å². The van der Waals surface area contributed by atoms with Crippen LogP contribution >= 0.6 is 0 Å². The minimum atomic E-state index is -0.494. The minimum Gasteiger partial charge on any atom is -0.493 e. The van der Waals surface area contributed by atoms with Crippen molar-refractivity contribution in [1.82, 2.24) is 9.78 Å². The van der Waals surface area contributed by atoms with Gasteiger partial charge in [0.05, 0.1) is 37.1 Å². The molecule has 0 aliphatic carbocycles. The fourth-order valence-electron chi connectivity index (χ4n) is 3.71. The van der Waals surface area contributed by atoms with Crippen LogP contribution in [0.3, 0.4) is 0 Å².